The summed E-state index contributed by atoms with van der Waals surface area (Å²) in [7, 11) is 0. The lowest BCUT2D eigenvalue weighted by atomic mass is 9.82. The lowest BCUT2D eigenvalue weighted by Crippen LogP contribution is -2.44. The molecule has 1 saturated carbocycles. The zero-order chi connectivity index (χ0) is 15.6. The third kappa shape index (κ3) is 3.48. The van der Waals surface area contributed by atoms with Crippen LogP contribution in [0.15, 0.2) is 0 Å². The number of aryl methyl sites for hydroxylation is 1. The minimum absolute atomic E-state index is 0.0846. The third-order valence-electron chi connectivity index (χ3n) is 5.02. The Labute approximate surface area is 131 Å². The van der Waals surface area contributed by atoms with Gasteiger partial charge in [-0.2, -0.15) is 5.10 Å². The van der Waals surface area contributed by atoms with E-state index in [4.69, 9.17) is 0 Å². The van der Waals surface area contributed by atoms with Crippen LogP contribution in [0.1, 0.15) is 68.9 Å². The predicted molar refractivity (Wildman–Crippen MR) is 82.3 cm³/mol. The minimum atomic E-state index is -0.774. The molecule has 2 heterocycles. The van der Waals surface area contributed by atoms with Gasteiger partial charge in [-0.05, 0) is 32.6 Å². The molecule has 1 atom stereocenters. The summed E-state index contributed by atoms with van der Waals surface area (Å²) >= 11 is 0. The van der Waals surface area contributed by atoms with Crippen LogP contribution in [0.5, 0.6) is 0 Å². The molecule has 1 aromatic rings. The number of nitrogens with zero attached hydrogens (tertiary/aromatic N) is 3. The van der Waals surface area contributed by atoms with E-state index in [-0.39, 0.29) is 18.2 Å². The molecule has 6 heteroatoms. The fraction of sp³-hybridized carbons (Fsp3) is 0.812. The van der Waals surface area contributed by atoms with Gasteiger partial charge in [0.2, 0.25) is 5.91 Å². The molecule has 22 heavy (non-hydrogen) atoms. The maximum atomic E-state index is 12.6. The largest absolute Gasteiger partial charge is 0.389 e. The van der Waals surface area contributed by atoms with Crippen LogP contribution >= 0.6 is 0 Å². The highest BCUT2D eigenvalue weighted by atomic mass is 16.3. The summed E-state index contributed by atoms with van der Waals surface area (Å²) in [4.78, 5) is 18.9. The summed E-state index contributed by atoms with van der Waals surface area (Å²) < 4.78 is 0. The first-order chi connectivity index (χ1) is 10.6. The normalized spacial score (nSPS) is 25.2. The number of H-pyrrole nitrogens is 1. The number of aromatic nitrogens is 3. The molecule has 1 aliphatic heterocycles. The van der Waals surface area contributed by atoms with E-state index in [1.54, 1.807) is 0 Å². The first-order valence-corrected chi connectivity index (χ1v) is 8.45. The molecule has 1 aliphatic carbocycles. The summed E-state index contributed by atoms with van der Waals surface area (Å²) in [5, 5.41) is 17.7. The maximum absolute atomic E-state index is 12.6. The van der Waals surface area contributed by atoms with Crippen LogP contribution in [-0.4, -0.2) is 49.8 Å². The van der Waals surface area contributed by atoms with E-state index < -0.39 is 5.60 Å². The van der Waals surface area contributed by atoms with Crippen LogP contribution in [0.3, 0.4) is 0 Å². The van der Waals surface area contributed by atoms with Crippen LogP contribution < -0.4 is 0 Å². The number of carbonyl (C=O) groups excluding carboxylic acids is 1. The standard InChI is InChI=1S/C16H26N4O2/c1-12-17-15(19-18-12)13-6-5-9-20(11-13)14(21)10-16(22)7-3-2-4-8-16/h13,22H,2-11H2,1H3,(H,17,18,19). The number of hydrogen-bond acceptors (Lipinski definition) is 4. The molecule has 0 spiro atoms. The Morgan fingerprint density at radius 1 is 1.36 bits per heavy atom. The van der Waals surface area contributed by atoms with Crippen molar-refractivity contribution in [2.45, 2.75) is 69.8 Å². The molecule has 2 N–H and O–H groups in total. The second-order valence-corrected chi connectivity index (χ2v) is 6.92. The quantitative estimate of drug-likeness (QED) is 0.893. The summed E-state index contributed by atoms with van der Waals surface area (Å²) in [6.45, 7) is 3.35. The SMILES string of the molecule is Cc1nc(C2CCCN(C(=O)CC3(O)CCCCC3)C2)n[nH]1. The van der Waals surface area contributed by atoms with Crippen molar-refractivity contribution in [3.05, 3.63) is 11.6 Å². The third-order valence-corrected chi connectivity index (χ3v) is 5.02. The lowest BCUT2D eigenvalue weighted by Gasteiger charge is -2.36. The Kier molecular flexibility index (Phi) is 4.47. The van der Waals surface area contributed by atoms with Gasteiger partial charge in [0, 0.05) is 19.0 Å². The van der Waals surface area contributed by atoms with E-state index in [1.165, 1.54) is 6.42 Å². The molecule has 1 amide bonds. The molecule has 6 nitrogen and oxygen atoms in total. The summed E-state index contributed by atoms with van der Waals surface area (Å²) in [5.74, 6) is 1.92. The van der Waals surface area contributed by atoms with Gasteiger partial charge >= 0.3 is 0 Å². The average Bonchev–Trinajstić information content (AvgIpc) is 2.94. The van der Waals surface area contributed by atoms with Gasteiger partial charge in [0.15, 0.2) is 5.82 Å². The number of piperidine rings is 1. The van der Waals surface area contributed by atoms with E-state index in [9.17, 15) is 9.90 Å². The van der Waals surface area contributed by atoms with Gasteiger partial charge in [-0.25, -0.2) is 4.98 Å². The molecule has 0 bridgehead atoms. The molecule has 1 aromatic heterocycles. The molecular weight excluding hydrogens is 280 g/mol. The van der Waals surface area contributed by atoms with E-state index in [0.717, 1.165) is 56.7 Å². The number of rotatable bonds is 3. The molecular formula is C16H26N4O2. The van der Waals surface area contributed by atoms with Crippen LogP contribution in [0.4, 0.5) is 0 Å². The number of aromatic amines is 1. The van der Waals surface area contributed by atoms with Crippen molar-refractivity contribution < 1.29 is 9.90 Å². The number of carbonyl (C=O) groups is 1. The Morgan fingerprint density at radius 3 is 2.82 bits per heavy atom. The number of aliphatic hydroxyl groups is 1. The summed E-state index contributed by atoms with van der Waals surface area (Å²) in [5.41, 5.74) is -0.774. The summed E-state index contributed by atoms with van der Waals surface area (Å²) in [6, 6.07) is 0. The number of likely N-dealkylation sites (tertiary alicyclic amines) is 1. The molecule has 2 fully saturated rings. The van der Waals surface area contributed by atoms with Crippen molar-refractivity contribution >= 4 is 5.91 Å². The van der Waals surface area contributed by atoms with Gasteiger partial charge in [0.25, 0.3) is 0 Å². The van der Waals surface area contributed by atoms with Crippen molar-refractivity contribution in [3.63, 3.8) is 0 Å². The number of amides is 1. The maximum Gasteiger partial charge on any atom is 0.225 e. The van der Waals surface area contributed by atoms with Crippen molar-refractivity contribution in [1.29, 1.82) is 0 Å². The molecule has 1 unspecified atom stereocenters. The van der Waals surface area contributed by atoms with E-state index in [0.29, 0.717) is 6.54 Å². The minimum Gasteiger partial charge on any atom is -0.389 e. The van der Waals surface area contributed by atoms with E-state index in [2.05, 4.69) is 15.2 Å². The molecule has 2 aliphatic rings. The zero-order valence-electron chi connectivity index (χ0n) is 13.3. The first kappa shape index (κ1) is 15.5. The zero-order valence-corrected chi connectivity index (χ0v) is 13.3. The van der Waals surface area contributed by atoms with Crippen molar-refractivity contribution in [2.24, 2.45) is 0 Å². The van der Waals surface area contributed by atoms with Crippen molar-refractivity contribution in [2.75, 3.05) is 13.1 Å². The molecule has 0 radical (unpaired) electrons. The Balaban J connectivity index is 1.60. The van der Waals surface area contributed by atoms with Gasteiger partial charge in [-0.1, -0.05) is 19.3 Å². The molecule has 1 saturated heterocycles. The number of nitrogens with one attached hydrogen (secondary N) is 1. The highest BCUT2D eigenvalue weighted by molar-refractivity contribution is 5.77. The first-order valence-electron chi connectivity index (χ1n) is 8.45. The van der Waals surface area contributed by atoms with Crippen LogP contribution in [0.2, 0.25) is 0 Å². The van der Waals surface area contributed by atoms with E-state index in [1.807, 2.05) is 11.8 Å². The number of hydrogen-bond donors (Lipinski definition) is 2. The van der Waals surface area contributed by atoms with Gasteiger partial charge in [0.1, 0.15) is 5.82 Å². The van der Waals surface area contributed by atoms with Crippen LogP contribution in [-0.2, 0) is 4.79 Å². The fourth-order valence-corrected chi connectivity index (χ4v) is 3.74. The highest BCUT2D eigenvalue weighted by Crippen LogP contribution is 2.32. The van der Waals surface area contributed by atoms with Gasteiger partial charge < -0.3 is 10.0 Å². The molecule has 3 rings (SSSR count). The lowest BCUT2D eigenvalue weighted by molar-refractivity contribution is -0.139. The molecule has 0 aromatic carbocycles. The van der Waals surface area contributed by atoms with Crippen LogP contribution in [0, 0.1) is 6.92 Å². The van der Waals surface area contributed by atoms with Gasteiger partial charge in [0.05, 0.1) is 12.0 Å². The van der Waals surface area contributed by atoms with E-state index >= 15 is 0 Å². The smallest absolute Gasteiger partial charge is 0.225 e. The predicted octanol–water partition coefficient (Wildman–Crippen LogP) is 1.90. The second-order valence-electron chi connectivity index (χ2n) is 6.92. The fourth-order valence-electron chi connectivity index (χ4n) is 3.74. The Hall–Kier alpha value is -1.43. The Bertz CT molecular complexity index is 522. The van der Waals surface area contributed by atoms with Gasteiger partial charge in [-0.3, -0.25) is 9.89 Å². The van der Waals surface area contributed by atoms with Gasteiger partial charge in [-0.15, -0.1) is 0 Å². The average molecular weight is 306 g/mol. The highest BCUT2D eigenvalue weighted by Gasteiger charge is 2.35. The molecule has 122 valence electrons. The topological polar surface area (TPSA) is 82.1 Å². The summed E-state index contributed by atoms with van der Waals surface area (Å²) in [6.07, 6.45) is 7.02. The monoisotopic (exact) mass is 306 g/mol. The van der Waals surface area contributed by atoms with Crippen molar-refractivity contribution in [3.8, 4) is 0 Å². The van der Waals surface area contributed by atoms with Crippen LogP contribution in [0.25, 0.3) is 0 Å². The second kappa shape index (κ2) is 6.36. The Morgan fingerprint density at radius 2 is 2.14 bits per heavy atom. The van der Waals surface area contributed by atoms with Crippen molar-refractivity contribution in [1.82, 2.24) is 20.1 Å².